The van der Waals surface area contributed by atoms with E-state index in [-0.39, 0.29) is 36.0 Å². The number of amides is 4. The fourth-order valence-corrected chi connectivity index (χ4v) is 6.70. The van der Waals surface area contributed by atoms with E-state index < -0.39 is 12.1 Å². The van der Waals surface area contributed by atoms with Gasteiger partial charge in [-0.1, -0.05) is 50.5 Å². The molecule has 3 N–H and O–H groups in total. The number of rotatable bonds is 12. The van der Waals surface area contributed by atoms with Gasteiger partial charge in [-0.15, -0.1) is 0 Å². The minimum absolute atomic E-state index is 0.0378. The van der Waals surface area contributed by atoms with Gasteiger partial charge in [0.25, 0.3) is 5.91 Å². The van der Waals surface area contributed by atoms with Crippen LogP contribution in [0, 0.1) is 17.2 Å². The number of nitrogens with one attached hydrogen (secondary N) is 3. The summed E-state index contributed by atoms with van der Waals surface area (Å²) in [6.45, 7) is 4.92. The van der Waals surface area contributed by atoms with Crippen molar-refractivity contribution in [1.29, 1.82) is 5.26 Å². The highest BCUT2D eigenvalue weighted by atomic mass is 16.2. The average Bonchev–Trinajstić information content (AvgIpc) is 3.57. The normalized spacial score (nSPS) is 16.6. The van der Waals surface area contributed by atoms with Crippen molar-refractivity contribution in [3.8, 4) is 6.07 Å². The van der Waals surface area contributed by atoms with Gasteiger partial charge in [0, 0.05) is 64.5 Å². The Kier molecular flexibility index (Phi) is 12.2. The number of aryl methyl sites for hydroxylation is 1. The standard InChI is InChI=1S/C37H46N8O4/c1-3-33(46)41-31(37(49)45-20-18-44(19-21-45)25-28-9-7-8-27(22-28)24-38)23-26-12-14-30(15-13-26)40-36(48)34(29-10-5-4-6-11-29)42-35(47)32-16-17-39-43(32)2/h7-9,12-17,22,29,31,34H,3-6,10-11,18-21,23,25H2,1-2H3,(H,40,48)(H,41,46)(H,42,47)/t31?,34-/m0/s1. The molecule has 0 bridgehead atoms. The Bertz CT molecular complexity index is 1650. The van der Waals surface area contributed by atoms with Crippen molar-refractivity contribution in [3.63, 3.8) is 0 Å². The van der Waals surface area contributed by atoms with Crippen molar-refractivity contribution in [1.82, 2.24) is 30.2 Å². The van der Waals surface area contributed by atoms with Gasteiger partial charge in [-0.2, -0.15) is 10.4 Å². The van der Waals surface area contributed by atoms with E-state index in [0.717, 1.165) is 43.2 Å². The number of nitrogens with zero attached hydrogens (tertiary/aromatic N) is 5. The molecular formula is C37H46N8O4. The molecule has 12 heteroatoms. The first kappa shape index (κ1) is 35.3. The first-order chi connectivity index (χ1) is 23.7. The molecule has 2 fully saturated rings. The fourth-order valence-electron chi connectivity index (χ4n) is 6.70. The largest absolute Gasteiger partial charge is 0.344 e. The zero-order valence-electron chi connectivity index (χ0n) is 28.4. The molecule has 5 rings (SSSR count). The van der Waals surface area contributed by atoms with Gasteiger partial charge in [0.2, 0.25) is 17.7 Å². The second-order valence-corrected chi connectivity index (χ2v) is 13.0. The molecule has 258 valence electrons. The quantitative estimate of drug-likeness (QED) is 0.268. The summed E-state index contributed by atoms with van der Waals surface area (Å²) in [5.41, 5.74) is 3.51. The van der Waals surface area contributed by atoms with Crippen LogP contribution in [0.25, 0.3) is 0 Å². The molecule has 0 spiro atoms. The molecule has 49 heavy (non-hydrogen) atoms. The summed E-state index contributed by atoms with van der Waals surface area (Å²) in [4.78, 5) is 56.8. The lowest BCUT2D eigenvalue weighted by molar-refractivity contribution is -0.138. The van der Waals surface area contributed by atoms with Gasteiger partial charge >= 0.3 is 0 Å². The molecule has 1 unspecified atom stereocenters. The third-order valence-corrected chi connectivity index (χ3v) is 9.51. The smallest absolute Gasteiger partial charge is 0.270 e. The van der Waals surface area contributed by atoms with E-state index in [2.05, 4.69) is 32.0 Å². The van der Waals surface area contributed by atoms with Crippen LogP contribution in [0.15, 0.2) is 60.8 Å². The number of hydrogen-bond donors (Lipinski definition) is 3. The molecule has 0 radical (unpaired) electrons. The Morgan fingerprint density at radius 3 is 2.33 bits per heavy atom. The van der Waals surface area contributed by atoms with E-state index in [4.69, 9.17) is 0 Å². The highest BCUT2D eigenvalue weighted by Crippen LogP contribution is 2.28. The topological polar surface area (TPSA) is 152 Å². The SMILES string of the molecule is CCC(=O)NC(Cc1ccc(NC(=O)[C@@H](NC(=O)c2ccnn2C)C2CCCCC2)cc1)C(=O)N1CCN(Cc2cccc(C#N)c2)CC1. The molecule has 4 amide bonds. The van der Waals surface area contributed by atoms with Crippen molar-refractivity contribution in [2.45, 2.75) is 70.5 Å². The predicted molar refractivity (Wildman–Crippen MR) is 185 cm³/mol. The number of anilines is 1. The number of carbonyl (C=O) groups is 4. The van der Waals surface area contributed by atoms with Crippen LogP contribution in [0.2, 0.25) is 0 Å². The molecule has 1 saturated carbocycles. The molecule has 3 aromatic rings. The number of hydrogen-bond acceptors (Lipinski definition) is 7. The van der Waals surface area contributed by atoms with Crippen LogP contribution in [0.3, 0.4) is 0 Å². The summed E-state index contributed by atoms with van der Waals surface area (Å²) in [5, 5.41) is 22.2. The summed E-state index contributed by atoms with van der Waals surface area (Å²) in [5.74, 6) is -0.881. The maximum absolute atomic E-state index is 13.7. The first-order valence-corrected chi connectivity index (χ1v) is 17.2. The third kappa shape index (κ3) is 9.54. The number of nitriles is 1. The van der Waals surface area contributed by atoms with E-state index in [1.165, 1.54) is 4.68 Å². The van der Waals surface area contributed by atoms with Crippen molar-refractivity contribution in [3.05, 3.63) is 83.2 Å². The van der Waals surface area contributed by atoms with Gasteiger partial charge in [-0.25, -0.2) is 0 Å². The summed E-state index contributed by atoms with van der Waals surface area (Å²) < 4.78 is 1.49. The number of benzene rings is 2. The Hall–Kier alpha value is -5.02. The third-order valence-electron chi connectivity index (χ3n) is 9.51. The second-order valence-electron chi connectivity index (χ2n) is 13.0. The maximum atomic E-state index is 13.7. The van der Waals surface area contributed by atoms with Crippen LogP contribution in [0.5, 0.6) is 0 Å². The highest BCUT2D eigenvalue weighted by molar-refractivity contribution is 6.00. The van der Waals surface area contributed by atoms with E-state index in [9.17, 15) is 24.4 Å². The summed E-state index contributed by atoms with van der Waals surface area (Å²) in [6, 6.07) is 17.3. The minimum atomic E-state index is -0.718. The van der Waals surface area contributed by atoms with Crippen LogP contribution in [-0.4, -0.2) is 81.5 Å². The van der Waals surface area contributed by atoms with Gasteiger partial charge in [0.15, 0.2) is 0 Å². The minimum Gasteiger partial charge on any atom is -0.344 e. The van der Waals surface area contributed by atoms with Gasteiger partial charge in [0.1, 0.15) is 17.8 Å². The van der Waals surface area contributed by atoms with E-state index in [1.54, 1.807) is 44.4 Å². The summed E-state index contributed by atoms with van der Waals surface area (Å²) in [7, 11) is 1.69. The van der Waals surface area contributed by atoms with Gasteiger partial charge < -0.3 is 20.9 Å². The Labute approximate surface area is 287 Å². The average molecular weight is 667 g/mol. The fraction of sp³-hybridized carbons (Fsp3) is 0.459. The Morgan fingerprint density at radius 2 is 1.67 bits per heavy atom. The van der Waals surface area contributed by atoms with Crippen molar-refractivity contribution >= 4 is 29.3 Å². The zero-order chi connectivity index (χ0) is 34.8. The van der Waals surface area contributed by atoms with Crippen LogP contribution in [0.1, 0.15) is 72.6 Å². The monoisotopic (exact) mass is 666 g/mol. The number of aromatic nitrogens is 2. The molecule has 2 aromatic carbocycles. The first-order valence-electron chi connectivity index (χ1n) is 17.2. The lowest BCUT2D eigenvalue weighted by atomic mass is 9.83. The molecule has 1 aliphatic heterocycles. The molecule has 12 nitrogen and oxygen atoms in total. The van der Waals surface area contributed by atoms with E-state index in [0.29, 0.717) is 56.1 Å². The number of carbonyl (C=O) groups excluding carboxylic acids is 4. The van der Waals surface area contributed by atoms with Crippen molar-refractivity contribution in [2.24, 2.45) is 13.0 Å². The Balaban J connectivity index is 1.20. The highest BCUT2D eigenvalue weighted by Gasteiger charge is 2.32. The van der Waals surface area contributed by atoms with Crippen LogP contribution >= 0.6 is 0 Å². The summed E-state index contributed by atoms with van der Waals surface area (Å²) in [6.07, 6.45) is 7.03. The predicted octanol–water partition coefficient (Wildman–Crippen LogP) is 3.39. The van der Waals surface area contributed by atoms with Crippen LogP contribution in [0.4, 0.5) is 5.69 Å². The van der Waals surface area contributed by atoms with E-state index in [1.807, 2.05) is 35.2 Å². The molecule has 2 atom stereocenters. The van der Waals surface area contributed by atoms with Crippen molar-refractivity contribution < 1.29 is 19.2 Å². The Morgan fingerprint density at radius 1 is 0.939 bits per heavy atom. The van der Waals surface area contributed by atoms with Crippen LogP contribution in [-0.2, 0) is 34.4 Å². The molecule has 1 aliphatic carbocycles. The van der Waals surface area contributed by atoms with Crippen LogP contribution < -0.4 is 16.0 Å². The number of piperazine rings is 1. The molecule has 1 aromatic heterocycles. The molecule has 2 heterocycles. The zero-order valence-corrected chi connectivity index (χ0v) is 28.4. The van der Waals surface area contributed by atoms with Gasteiger partial charge in [0.05, 0.1) is 11.6 Å². The molecule has 2 aliphatic rings. The lowest BCUT2D eigenvalue weighted by Crippen LogP contribution is -2.55. The maximum Gasteiger partial charge on any atom is 0.270 e. The molecular weight excluding hydrogens is 620 g/mol. The lowest BCUT2D eigenvalue weighted by Gasteiger charge is -2.36. The van der Waals surface area contributed by atoms with Gasteiger partial charge in [-0.05, 0) is 60.2 Å². The second kappa shape index (κ2) is 16.9. The van der Waals surface area contributed by atoms with E-state index >= 15 is 0 Å². The van der Waals surface area contributed by atoms with Crippen molar-refractivity contribution in [2.75, 3.05) is 31.5 Å². The summed E-state index contributed by atoms with van der Waals surface area (Å²) >= 11 is 0. The molecule has 1 saturated heterocycles. The van der Waals surface area contributed by atoms with Gasteiger partial charge in [-0.3, -0.25) is 28.8 Å².